The Morgan fingerprint density at radius 3 is 2.57 bits per heavy atom. The lowest BCUT2D eigenvalue weighted by Gasteiger charge is -2.16. The lowest BCUT2D eigenvalue weighted by atomic mass is 10.1. The molecule has 1 aromatic heterocycles. The van der Waals surface area contributed by atoms with Crippen molar-refractivity contribution in [2.45, 2.75) is 32.2 Å². The van der Waals surface area contributed by atoms with Gasteiger partial charge in [0.2, 0.25) is 5.16 Å². The smallest absolute Gasteiger partial charge is 0.214 e. The molecule has 0 saturated carbocycles. The first-order chi connectivity index (χ1) is 17.1. The van der Waals surface area contributed by atoms with E-state index in [1.165, 1.54) is 5.56 Å². The Hall–Kier alpha value is -3.07. The van der Waals surface area contributed by atoms with Crippen LogP contribution in [0.3, 0.4) is 0 Å². The van der Waals surface area contributed by atoms with Gasteiger partial charge in [0.1, 0.15) is 6.61 Å². The van der Waals surface area contributed by atoms with E-state index < -0.39 is 0 Å². The number of aromatic nitrogens is 4. The Labute approximate surface area is 214 Å². The summed E-state index contributed by atoms with van der Waals surface area (Å²) >= 11 is 8.18. The van der Waals surface area contributed by atoms with Crippen LogP contribution in [0.15, 0.2) is 71.9 Å². The Morgan fingerprint density at radius 1 is 1.00 bits per heavy atom. The van der Waals surface area contributed by atoms with E-state index in [0.717, 1.165) is 34.3 Å². The van der Waals surface area contributed by atoms with E-state index >= 15 is 0 Å². The predicted octanol–water partition coefficient (Wildman–Crippen LogP) is 5.48. The highest BCUT2D eigenvalue weighted by atomic mass is 35.5. The molecule has 4 rings (SSSR count). The number of hydrogen-bond donors (Lipinski definition) is 1. The number of benzene rings is 3. The van der Waals surface area contributed by atoms with E-state index in [0.29, 0.717) is 36.3 Å². The van der Waals surface area contributed by atoms with Crippen LogP contribution < -0.4 is 14.8 Å². The Bertz CT molecular complexity index is 1220. The van der Waals surface area contributed by atoms with Crippen LogP contribution in [0.1, 0.15) is 23.6 Å². The van der Waals surface area contributed by atoms with Crippen LogP contribution in [0.5, 0.6) is 11.5 Å². The molecule has 0 bridgehead atoms. The van der Waals surface area contributed by atoms with Gasteiger partial charge in [-0.15, -0.1) is 5.10 Å². The van der Waals surface area contributed by atoms with Crippen LogP contribution in [-0.2, 0) is 13.2 Å². The van der Waals surface area contributed by atoms with Gasteiger partial charge < -0.3 is 14.8 Å². The SMILES string of the molecule is CCOc1cc(CNCCSc2nnnn2-c2ccccc2)cc(Cl)c1OCc1ccc(C)cc1. The van der Waals surface area contributed by atoms with E-state index in [4.69, 9.17) is 21.1 Å². The van der Waals surface area contributed by atoms with Crippen molar-refractivity contribution < 1.29 is 9.47 Å². The van der Waals surface area contributed by atoms with Gasteiger partial charge >= 0.3 is 0 Å². The molecule has 0 atom stereocenters. The van der Waals surface area contributed by atoms with Gasteiger partial charge in [-0.3, -0.25) is 0 Å². The van der Waals surface area contributed by atoms with Gasteiger partial charge in [-0.25, -0.2) is 0 Å². The van der Waals surface area contributed by atoms with Crippen LogP contribution in [0, 0.1) is 6.92 Å². The Kier molecular flexibility index (Phi) is 9.00. The van der Waals surface area contributed by atoms with Gasteiger partial charge in [-0.1, -0.05) is 71.4 Å². The first-order valence-corrected chi connectivity index (χ1v) is 12.8. The summed E-state index contributed by atoms with van der Waals surface area (Å²) in [5.74, 6) is 2.04. The fourth-order valence-electron chi connectivity index (χ4n) is 3.41. The Balaban J connectivity index is 1.31. The second-order valence-electron chi connectivity index (χ2n) is 7.85. The summed E-state index contributed by atoms with van der Waals surface area (Å²) in [6.07, 6.45) is 0. The van der Waals surface area contributed by atoms with Gasteiger partial charge in [0.05, 0.1) is 17.3 Å². The summed E-state index contributed by atoms with van der Waals surface area (Å²) in [6.45, 7) is 6.40. The maximum Gasteiger partial charge on any atom is 0.214 e. The summed E-state index contributed by atoms with van der Waals surface area (Å²) in [6, 6.07) is 22.0. The predicted molar refractivity (Wildman–Crippen MR) is 140 cm³/mol. The molecule has 0 amide bonds. The second-order valence-corrected chi connectivity index (χ2v) is 9.32. The summed E-state index contributed by atoms with van der Waals surface area (Å²) < 4.78 is 13.6. The number of nitrogens with zero attached hydrogens (tertiary/aromatic N) is 4. The van der Waals surface area contributed by atoms with Crippen molar-refractivity contribution >= 4 is 23.4 Å². The lowest BCUT2D eigenvalue weighted by Crippen LogP contribution is -2.17. The molecular weight excluding hydrogens is 482 g/mol. The number of para-hydroxylation sites is 1. The minimum atomic E-state index is 0.428. The highest BCUT2D eigenvalue weighted by Crippen LogP contribution is 2.37. The molecular formula is C26H28ClN5O2S. The van der Waals surface area contributed by atoms with E-state index in [1.54, 1.807) is 16.4 Å². The molecule has 0 spiro atoms. The molecule has 0 radical (unpaired) electrons. The van der Waals surface area contributed by atoms with Crippen LogP contribution in [0.4, 0.5) is 0 Å². The zero-order valence-corrected chi connectivity index (χ0v) is 21.4. The van der Waals surface area contributed by atoms with Gasteiger partial charge in [0, 0.05) is 18.8 Å². The normalized spacial score (nSPS) is 10.9. The summed E-state index contributed by atoms with van der Waals surface area (Å²) in [7, 11) is 0. The maximum absolute atomic E-state index is 6.58. The molecule has 182 valence electrons. The van der Waals surface area contributed by atoms with Crippen molar-refractivity contribution in [3.63, 3.8) is 0 Å². The maximum atomic E-state index is 6.58. The average Bonchev–Trinajstić information content (AvgIpc) is 3.34. The van der Waals surface area contributed by atoms with Crippen molar-refractivity contribution in [3.05, 3.63) is 88.4 Å². The topological polar surface area (TPSA) is 74.1 Å². The number of thioether (sulfide) groups is 1. The number of aryl methyl sites for hydroxylation is 1. The largest absolute Gasteiger partial charge is 0.490 e. The molecule has 0 aliphatic carbocycles. The van der Waals surface area contributed by atoms with Gasteiger partial charge in [-0.2, -0.15) is 4.68 Å². The number of nitrogens with one attached hydrogen (secondary N) is 1. The number of ether oxygens (including phenoxy) is 2. The van der Waals surface area contributed by atoms with Crippen molar-refractivity contribution in [2.24, 2.45) is 0 Å². The zero-order chi connectivity index (χ0) is 24.5. The summed E-state index contributed by atoms with van der Waals surface area (Å²) in [5, 5.41) is 16.8. The molecule has 0 fully saturated rings. The van der Waals surface area contributed by atoms with Gasteiger partial charge in [0.15, 0.2) is 11.5 Å². The summed E-state index contributed by atoms with van der Waals surface area (Å²) in [4.78, 5) is 0. The van der Waals surface area contributed by atoms with Crippen molar-refractivity contribution in [1.29, 1.82) is 0 Å². The van der Waals surface area contributed by atoms with E-state index in [2.05, 4.69) is 52.0 Å². The van der Waals surface area contributed by atoms with E-state index in [1.807, 2.05) is 49.4 Å². The first kappa shape index (κ1) is 25.0. The minimum Gasteiger partial charge on any atom is -0.490 e. The van der Waals surface area contributed by atoms with E-state index in [9.17, 15) is 0 Å². The Morgan fingerprint density at radius 2 is 1.80 bits per heavy atom. The molecule has 9 heteroatoms. The second kappa shape index (κ2) is 12.6. The third-order valence-electron chi connectivity index (χ3n) is 5.15. The zero-order valence-electron chi connectivity index (χ0n) is 19.8. The van der Waals surface area contributed by atoms with Gasteiger partial charge in [-0.05, 0) is 59.7 Å². The molecule has 0 aliphatic rings. The minimum absolute atomic E-state index is 0.428. The lowest BCUT2D eigenvalue weighted by molar-refractivity contribution is 0.269. The monoisotopic (exact) mass is 509 g/mol. The standard InChI is InChI=1S/C26H28ClN5O2S/c1-3-33-24-16-21(15-23(27)25(24)34-18-20-11-9-19(2)10-12-20)17-28-13-14-35-26-29-30-31-32(26)22-7-5-4-6-8-22/h4-12,15-16,28H,3,13-14,17-18H2,1-2H3. The third-order valence-corrected chi connectivity index (χ3v) is 6.36. The number of halogens is 1. The van der Waals surface area contributed by atoms with Gasteiger partial charge in [0.25, 0.3) is 0 Å². The molecule has 3 aromatic carbocycles. The van der Waals surface area contributed by atoms with Crippen LogP contribution in [0.25, 0.3) is 5.69 Å². The molecule has 7 nitrogen and oxygen atoms in total. The number of tetrazole rings is 1. The van der Waals surface area contributed by atoms with Crippen molar-refractivity contribution in [2.75, 3.05) is 18.9 Å². The first-order valence-electron chi connectivity index (χ1n) is 11.4. The summed E-state index contributed by atoms with van der Waals surface area (Å²) in [5.41, 5.74) is 4.26. The van der Waals surface area contributed by atoms with Crippen LogP contribution >= 0.6 is 23.4 Å². The van der Waals surface area contributed by atoms with Crippen LogP contribution in [0.2, 0.25) is 5.02 Å². The molecule has 4 aromatic rings. The quantitative estimate of drug-likeness (QED) is 0.200. The van der Waals surface area contributed by atoms with Crippen LogP contribution in [-0.4, -0.2) is 39.1 Å². The van der Waals surface area contributed by atoms with Crippen molar-refractivity contribution in [3.8, 4) is 17.2 Å². The molecule has 35 heavy (non-hydrogen) atoms. The highest BCUT2D eigenvalue weighted by Gasteiger charge is 2.13. The number of hydrogen-bond acceptors (Lipinski definition) is 7. The molecule has 1 heterocycles. The molecule has 0 unspecified atom stereocenters. The van der Waals surface area contributed by atoms with Crippen molar-refractivity contribution in [1.82, 2.24) is 25.5 Å². The highest BCUT2D eigenvalue weighted by molar-refractivity contribution is 7.99. The molecule has 0 saturated heterocycles. The molecule has 0 aliphatic heterocycles. The third kappa shape index (κ3) is 6.97. The number of rotatable bonds is 12. The average molecular weight is 510 g/mol. The molecule has 1 N–H and O–H groups in total. The van der Waals surface area contributed by atoms with E-state index in [-0.39, 0.29) is 0 Å². The fraction of sp³-hybridized carbons (Fsp3) is 0.269. The fourth-order valence-corrected chi connectivity index (χ4v) is 4.49.